The van der Waals surface area contributed by atoms with Crippen LogP contribution in [-0.4, -0.2) is 35.3 Å². The molecule has 4 saturated carbocycles. The van der Waals surface area contributed by atoms with Gasteiger partial charge in [0.1, 0.15) is 0 Å². The van der Waals surface area contributed by atoms with Crippen LogP contribution in [0.15, 0.2) is 0 Å². The van der Waals surface area contributed by atoms with Gasteiger partial charge >= 0.3 is 0 Å². The summed E-state index contributed by atoms with van der Waals surface area (Å²) < 4.78 is 0. The van der Waals surface area contributed by atoms with E-state index in [1.165, 1.54) is 19.3 Å². The van der Waals surface area contributed by atoms with Crippen LogP contribution in [0, 0.1) is 17.8 Å². The maximum absolute atomic E-state index is 12.8. The lowest BCUT2D eigenvalue weighted by atomic mass is 9.87. The van der Waals surface area contributed by atoms with Crippen molar-refractivity contribution < 1.29 is 9.59 Å². The first-order valence-corrected chi connectivity index (χ1v) is 8.30. The molecule has 0 aromatic heterocycles. The zero-order chi connectivity index (χ0) is 13.7. The molecule has 20 heavy (non-hydrogen) atoms. The van der Waals surface area contributed by atoms with Crippen LogP contribution in [0.1, 0.15) is 51.4 Å². The highest BCUT2D eigenvalue weighted by Crippen LogP contribution is 2.49. The SMILES string of the molecule is O=C(CN(C(=O)[C@@H]1C[C@H]2CC[C@H]1C2)C1CC1)NC1CC1. The summed E-state index contributed by atoms with van der Waals surface area (Å²) >= 11 is 0. The first kappa shape index (κ1) is 12.7. The number of carbonyl (C=O) groups excluding carboxylic acids is 2. The van der Waals surface area contributed by atoms with E-state index < -0.39 is 0 Å². The number of nitrogens with zero attached hydrogens (tertiary/aromatic N) is 1. The van der Waals surface area contributed by atoms with E-state index in [0.717, 1.165) is 38.0 Å². The number of carbonyl (C=O) groups is 2. The largest absolute Gasteiger partial charge is 0.352 e. The molecular weight excluding hydrogens is 252 g/mol. The molecule has 4 rings (SSSR count). The Kier molecular flexibility index (Phi) is 3.00. The van der Waals surface area contributed by atoms with E-state index in [0.29, 0.717) is 24.5 Å². The Hall–Kier alpha value is -1.06. The molecule has 1 N–H and O–H groups in total. The van der Waals surface area contributed by atoms with Crippen LogP contribution < -0.4 is 5.32 Å². The van der Waals surface area contributed by atoms with Gasteiger partial charge in [-0.3, -0.25) is 9.59 Å². The zero-order valence-electron chi connectivity index (χ0n) is 12.0. The molecule has 0 unspecified atom stereocenters. The lowest BCUT2D eigenvalue weighted by Gasteiger charge is -2.29. The first-order chi connectivity index (χ1) is 9.70. The summed E-state index contributed by atoms with van der Waals surface area (Å²) in [5, 5.41) is 3.01. The van der Waals surface area contributed by atoms with Gasteiger partial charge in [-0.2, -0.15) is 0 Å². The summed E-state index contributed by atoms with van der Waals surface area (Å²) in [7, 11) is 0. The summed E-state index contributed by atoms with van der Waals surface area (Å²) in [6.45, 7) is 0.299. The third-order valence-corrected chi connectivity index (χ3v) is 5.58. The third-order valence-electron chi connectivity index (χ3n) is 5.58. The van der Waals surface area contributed by atoms with Crippen molar-refractivity contribution in [3.05, 3.63) is 0 Å². The average molecular weight is 276 g/mol. The number of hydrogen-bond acceptors (Lipinski definition) is 2. The minimum Gasteiger partial charge on any atom is -0.352 e. The minimum absolute atomic E-state index is 0.0518. The van der Waals surface area contributed by atoms with Gasteiger partial charge in [0, 0.05) is 18.0 Å². The molecule has 0 radical (unpaired) electrons. The van der Waals surface area contributed by atoms with Gasteiger partial charge in [-0.1, -0.05) is 6.42 Å². The maximum Gasteiger partial charge on any atom is 0.239 e. The molecule has 0 heterocycles. The van der Waals surface area contributed by atoms with E-state index in [9.17, 15) is 9.59 Å². The number of amides is 2. The predicted octanol–water partition coefficient (Wildman–Crippen LogP) is 1.69. The molecule has 4 fully saturated rings. The molecule has 0 saturated heterocycles. The quantitative estimate of drug-likeness (QED) is 0.831. The van der Waals surface area contributed by atoms with Crippen LogP contribution in [-0.2, 0) is 9.59 Å². The van der Waals surface area contributed by atoms with Crippen molar-refractivity contribution in [2.24, 2.45) is 17.8 Å². The van der Waals surface area contributed by atoms with Crippen molar-refractivity contribution in [1.29, 1.82) is 0 Å². The molecular formula is C16H24N2O2. The van der Waals surface area contributed by atoms with Gasteiger partial charge in [0.2, 0.25) is 11.8 Å². The van der Waals surface area contributed by atoms with Crippen LogP contribution in [0.2, 0.25) is 0 Å². The van der Waals surface area contributed by atoms with E-state index in [1.54, 1.807) is 0 Å². The van der Waals surface area contributed by atoms with Gasteiger partial charge in [-0.05, 0) is 56.8 Å². The van der Waals surface area contributed by atoms with Gasteiger partial charge in [-0.15, -0.1) is 0 Å². The Bertz CT molecular complexity index is 428. The fourth-order valence-electron chi connectivity index (χ4n) is 4.19. The Morgan fingerprint density at radius 2 is 1.80 bits per heavy atom. The van der Waals surface area contributed by atoms with E-state index >= 15 is 0 Å². The van der Waals surface area contributed by atoms with Crippen molar-refractivity contribution in [2.45, 2.75) is 63.5 Å². The number of fused-ring (bicyclic) bond motifs is 2. The topological polar surface area (TPSA) is 49.4 Å². The number of hydrogen-bond donors (Lipinski definition) is 1. The lowest BCUT2D eigenvalue weighted by molar-refractivity contribution is -0.141. The van der Waals surface area contributed by atoms with Crippen LogP contribution in [0.5, 0.6) is 0 Å². The van der Waals surface area contributed by atoms with Crippen molar-refractivity contribution in [2.75, 3.05) is 6.54 Å². The molecule has 3 atom stereocenters. The van der Waals surface area contributed by atoms with E-state index in [4.69, 9.17) is 0 Å². The standard InChI is InChI=1S/C16H24N2O2/c19-15(17-12-3-4-12)9-18(13-5-6-13)16(20)14-8-10-1-2-11(14)7-10/h10-14H,1-9H2,(H,17,19)/t10-,11-,14+/m0/s1. The second kappa shape index (κ2) is 4.74. The highest BCUT2D eigenvalue weighted by Gasteiger charge is 2.46. The zero-order valence-corrected chi connectivity index (χ0v) is 12.0. The molecule has 4 aliphatic rings. The summed E-state index contributed by atoms with van der Waals surface area (Å²) in [6.07, 6.45) is 9.27. The fraction of sp³-hybridized carbons (Fsp3) is 0.875. The van der Waals surface area contributed by atoms with Gasteiger partial charge < -0.3 is 10.2 Å². The molecule has 2 amide bonds. The Morgan fingerprint density at radius 1 is 1.00 bits per heavy atom. The summed E-state index contributed by atoms with van der Waals surface area (Å²) in [4.78, 5) is 26.7. The van der Waals surface area contributed by atoms with Crippen molar-refractivity contribution in [1.82, 2.24) is 10.2 Å². The molecule has 110 valence electrons. The van der Waals surface area contributed by atoms with Crippen LogP contribution in [0.3, 0.4) is 0 Å². The first-order valence-electron chi connectivity index (χ1n) is 8.30. The molecule has 0 spiro atoms. The number of rotatable bonds is 5. The Labute approximate surface area is 120 Å². The smallest absolute Gasteiger partial charge is 0.239 e. The lowest BCUT2D eigenvalue weighted by Crippen LogP contribution is -2.45. The highest BCUT2D eigenvalue weighted by atomic mass is 16.2. The number of nitrogens with one attached hydrogen (secondary N) is 1. The molecule has 0 aromatic rings. The normalized spacial score (nSPS) is 35.1. The van der Waals surface area contributed by atoms with E-state index in [-0.39, 0.29) is 17.7 Å². The van der Waals surface area contributed by atoms with Crippen molar-refractivity contribution in [3.8, 4) is 0 Å². The Morgan fingerprint density at radius 3 is 2.35 bits per heavy atom. The van der Waals surface area contributed by atoms with Crippen LogP contribution in [0.4, 0.5) is 0 Å². The minimum atomic E-state index is 0.0518. The molecule has 0 aromatic carbocycles. The fourth-order valence-corrected chi connectivity index (χ4v) is 4.19. The van der Waals surface area contributed by atoms with Crippen molar-refractivity contribution in [3.63, 3.8) is 0 Å². The van der Waals surface area contributed by atoms with E-state index in [1.807, 2.05) is 4.90 Å². The van der Waals surface area contributed by atoms with Gasteiger partial charge in [0.25, 0.3) is 0 Å². The maximum atomic E-state index is 12.8. The Balaban J connectivity index is 1.39. The summed E-state index contributed by atoms with van der Waals surface area (Å²) in [6, 6.07) is 0.743. The average Bonchev–Trinajstić information content (AvgIpc) is 3.36. The monoisotopic (exact) mass is 276 g/mol. The second-order valence-electron chi connectivity index (χ2n) is 7.32. The summed E-state index contributed by atoms with van der Waals surface area (Å²) in [5.74, 6) is 1.96. The summed E-state index contributed by atoms with van der Waals surface area (Å²) in [5.41, 5.74) is 0. The predicted molar refractivity (Wildman–Crippen MR) is 74.8 cm³/mol. The van der Waals surface area contributed by atoms with Crippen LogP contribution in [0.25, 0.3) is 0 Å². The third kappa shape index (κ3) is 2.45. The molecule has 4 heteroatoms. The van der Waals surface area contributed by atoms with Crippen molar-refractivity contribution >= 4 is 11.8 Å². The molecule has 0 aliphatic heterocycles. The molecule has 4 aliphatic carbocycles. The van der Waals surface area contributed by atoms with Gasteiger partial charge in [-0.25, -0.2) is 0 Å². The van der Waals surface area contributed by atoms with Gasteiger partial charge in [0.05, 0.1) is 6.54 Å². The van der Waals surface area contributed by atoms with Gasteiger partial charge in [0.15, 0.2) is 0 Å². The van der Waals surface area contributed by atoms with Crippen LogP contribution >= 0.6 is 0 Å². The van der Waals surface area contributed by atoms with E-state index in [2.05, 4.69) is 5.32 Å². The second-order valence-corrected chi connectivity index (χ2v) is 7.32. The molecule has 4 nitrogen and oxygen atoms in total. The molecule has 2 bridgehead atoms. The highest BCUT2D eigenvalue weighted by molar-refractivity contribution is 5.87.